The van der Waals surface area contributed by atoms with Gasteiger partial charge < -0.3 is 4.84 Å². The third kappa shape index (κ3) is 3.19. The summed E-state index contributed by atoms with van der Waals surface area (Å²) in [6.07, 6.45) is -5.20. The quantitative estimate of drug-likeness (QED) is 0.497. The van der Waals surface area contributed by atoms with Gasteiger partial charge in [-0.3, -0.25) is 14.9 Å². The minimum absolute atomic E-state index is 0.0319. The van der Waals surface area contributed by atoms with E-state index in [1.807, 2.05) is 5.32 Å². The molecule has 1 heterocycles. The molecule has 90 valence electrons. The molecule has 0 bridgehead atoms. The number of hydroxylamine groups is 1. The van der Waals surface area contributed by atoms with E-state index in [4.69, 9.17) is 0 Å². The summed E-state index contributed by atoms with van der Waals surface area (Å²) in [6.45, 7) is 0. The summed E-state index contributed by atoms with van der Waals surface area (Å²) >= 11 is 0. The molecule has 1 fully saturated rings. The van der Waals surface area contributed by atoms with E-state index in [0.29, 0.717) is 0 Å². The van der Waals surface area contributed by atoms with Crippen LogP contribution in [0.2, 0.25) is 0 Å². The first-order valence-electron chi connectivity index (χ1n) is 4.18. The first-order valence-corrected chi connectivity index (χ1v) is 4.18. The van der Waals surface area contributed by atoms with E-state index in [0.717, 1.165) is 0 Å². The third-order valence-electron chi connectivity index (χ3n) is 1.76. The maximum atomic E-state index is 11.7. The molecule has 16 heavy (non-hydrogen) atoms. The van der Waals surface area contributed by atoms with E-state index in [9.17, 15) is 27.6 Å². The van der Waals surface area contributed by atoms with Crippen molar-refractivity contribution in [2.45, 2.75) is 25.1 Å². The Balaban J connectivity index is 2.42. The van der Waals surface area contributed by atoms with E-state index in [-0.39, 0.29) is 12.8 Å². The van der Waals surface area contributed by atoms with Gasteiger partial charge in [-0.2, -0.15) is 13.2 Å². The molecule has 0 spiro atoms. The molecule has 2 N–H and O–H groups in total. The van der Waals surface area contributed by atoms with Crippen LogP contribution in [0.25, 0.3) is 0 Å². The van der Waals surface area contributed by atoms with Crippen LogP contribution < -0.4 is 10.8 Å². The predicted molar refractivity (Wildman–Crippen MR) is 41.5 cm³/mol. The van der Waals surface area contributed by atoms with Crippen LogP contribution in [0.1, 0.15) is 12.8 Å². The second-order valence-corrected chi connectivity index (χ2v) is 3.01. The van der Waals surface area contributed by atoms with Gasteiger partial charge in [0, 0.05) is 6.42 Å². The number of hydrogen-bond donors (Lipinski definition) is 2. The molecule has 0 saturated carbocycles. The van der Waals surface area contributed by atoms with Gasteiger partial charge in [0.2, 0.25) is 11.8 Å². The number of halogens is 3. The SMILES string of the molecule is O=C1CCC(NOC(=O)C(F)(F)F)C(=O)N1. The van der Waals surface area contributed by atoms with E-state index < -0.39 is 30.0 Å². The van der Waals surface area contributed by atoms with Crippen molar-refractivity contribution in [3.05, 3.63) is 0 Å². The number of carbonyl (C=O) groups is 3. The Bertz CT molecular complexity index is 328. The Morgan fingerprint density at radius 1 is 1.44 bits per heavy atom. The number of nitrogens with one attached hydrogen (secondary N) is 2. The van der Waals surface area contributed by atoms with Gasteiger partial charge in [0.15, 0.2) is 0 Å². The maximum Gasteiger partial charge on any atom is 0.492 e. The number of piperidine rings is 1. The normalized spacial score (nSPS) is 21.6. The van der Waals surface area contributed by atoms with Gasteiger partial charge in [0.1, 0.15) is 6.04 Å². The largest absolute Gasteiger partial charge is 0.492 e. The highest BCUT2D eigenvalue weighted by Gasteiger charge is 2.42. The minimum Gasteiger partial charge on any atom is -0.363 e. The molecule has 0 radical (unpaired) electrons. The van der Waals surface area contributed by atoms with E-state index in [2.05, 4.69) is 4.84 Å². The highest BCUT2D eigenvalue weighted by molar-refractivity contribution is 6.00. The van der Waals surface area contributed by atoms with Crippen molar-refractivity contribution in [1.82, 2.24) is 10.8 Å². The average Bonchev–Trinajstić information content (AvgIpc) is 2.14. The molecule has 0 aromatic heterocycles. The fraction of sp³-hybridized carbons (Fsp3) is 0.571. The van der Waals surface area contributed by atoms with Gasteiger partial charge in [-0.15, -0.1) is 5.48 Å². The molecule has 9 heteroatoms. The number of rotatable bonds is 2. The second kappa shape index (κ2) is 4.47. The number of imide groups is 1. The van der Waals surface area contributed by atoms with Crippen LogP contribution in [0.3, 0.4) is 0 Å². The summed E-state index contributed by atoms with van der Waals surface area (Å²) in [4.78, 5) is 35.6. The van der Waals surface area contributed by atoms with Crippen molar-refractivity contribution < 1.29 is 32.4 Å². The van der Waals surface area contributed by atoms with Crippen LogP contribution in [-0.4, -0.2) is 30.0 Å². The zero-order valence-corrected chi connectivity index (χ0v) is 7.76. The van der Waals surface area contributed by atoms with Crippen molar-refractivity contribution >= 4 is 17.8 Å². The Hall–Kier alpha value is -1.64. The molecule has 1 saturated heterocycles. The summed E-state index contributed by atoms with van der Waals surface area (Å²) in [5.74, 6) is -3.80. The molecule has 0 aromatic carbocycles. The number of hydrogen-bond acceptors (Lipinski definition) is 5. The minimum atomic E-state index is -5.13. The molecule has 1 unspecified atom stereocenters. The van der Waals surface area contributed by atoms with Crippen molar-refractivity contribution in [2.75, 3.05) is 0 Å². The number of alkyl halides is 3. The molecule has 2 amide bonds. The Labute approximate surface area is 87.1 Å². The standard InChI is InChI=1S/C7H7F3N2O4/c8-7(9,10)6(15)16-12-3-1-2-4(13)11-5(3)14/h3,12H,1-2H2,(H,11,13,14). The monoisotopic (exact) mass is 240 g/mol. The summed E-state index contributed by atoms with van der Waals surface area (Å²) < 4.78 is 35.1. The zero-order chi connectivity index (χ0) is 12.3. The molecule has 1 rings (SSSR count). The van der Waals surface area contributed by atoms with Crippen LogP contribution in [0.15, 0.2) is 0 Å². The number of carbonyl (C=O) groups excluding carboxylic acids is 3. The smallest absolute Gasteiger partial charge is 0.363 e. The van der Waals surface area contributed by atoms with Crippen molar-refractivity contribution in [2.24, 2.45) is 0 Å². The number of amides is 2. The molecule has 6 nitrogen and oxygen atoms in total. The summed E-state index contributed by atoms with van der Waals surface area (Å²) in [6, 6.07) is -1.15. The fourth-order valence-electron chi connectivity index (χ4n) is 0.989. The van der Waals surface area contributed by atoms with Gasteiger partial charge >= 0.3 is 12.1 Å². The van der Waals surface area contributed by atoms with Crippen LogP contribution in [0, 0.1) is 0 Å². The summed E-state index contributed by atoms with van der Waals surface area (Å²) in [5.41, 5.74) is 1.66. The first kappa shape index (κ1) is 12.4. The van der Waals surface area contributed by atoms with Gasteiger partial charge in [-0.05, 0) is 6.42 Å². The Kier molecular flexibility index (Phi) is 3.48. The molecule has 0 aliphatic carbocycles. The molecule has 1 aliphatic rings. The zero-order valence-electron chi connectivity index (χ0n) is 7.76. The van der Waals surface area contributed by atoms with Crippen LogP contribution in [0.4, 0.5) is 13.2 Å². The van der Waals surface area contributed by atoms with Crippen LogP contribution in [0.5, 0.6) is 0 Å². The third-order valence-corrected chi connectivity index (χ3v) is 1.76. The lowest BCUT2D eigenvalue weighted by atomic mass is 10.1. The Morgan fingerprint density at radius 2 is 2.06 bits per heavy atom. The topological polar surface area (TPSA) is 84.5 Å². The lowest BCUT2D eigenvalue weighted by Crippen LogP contribution is -2.51. The molecule has 0 aromatic rings. The van der Waals surface area contributed by atoms with E-state index in [1.54, 1.807) is 5.48 Å². The molecule has 1 atom stereocenters. The van der Waals surface area contributed by atoms with Crippen LogP contribution >= 0.6 is 0 Å². The predicted octanol–water partition coefficient (Wildman–Crippen LogP) is -0.598. The van der Waals surface area contributed by atoms with Gasteiger partial charge in [0.25, 0.3) is 0 Å². The molecule has 1 aliphatic heterocycles. The summed E-state index contributed by atoms with van der Waals surface area (Å²) in [7, 11) is 0. The van der Waals surface area contributed by atoms with E-state index >= 15 is 0 Å². The molecular weight excluding hydrogens is 233 g/mol. The van der Waals surface area contributed by atoms with Gasteiger partial charge in [0.05, 0.1) is 0 Å². The Morgan fingerprint density at radius 3 is 2.56 bits per heavy atom. The van der Waals surface area contributed by atoms with Gasteiger partial charge in [-0.25, -0.2) is 4.79 Å². The van der Waals surface area contributed by atoms with E-state index in [1.165, 1.54) is 0 Å². The van der Waals surface area contributed by atoms with Gasteiger partial charge in [-0.1, -0.05) is 0 Å². The molecular formula is C7H7F3N2O4. The van der Waals surface area contributed by atoms with Crippen molar-refractivity contribution in [3.8, 4) is 0 Å². The maximum absolute atomic E-state index is 11.7. The first-order chi connectivity index (χ1) is 7.30. The average molecular weight is 240 g/mol. The highest BCUT2D eigenvalue weighted by atomic mass is 19.4. The lowest BCUT2D eigenvalue weighted by molar-refractivity contribution is -0.208. The van der Waals surface area contributed by atoms with Crippen molar-refractivity contribution in [1.29, 1.82) is 0 Å². The lowest BCUT2D eigenvalue weighted by Gasteiger charge is -2.21. The highest BCUT2D eigenvalue weighted by Crippen LogP contribution is 2.16. The summed E-state index contributed by atoms with van der Waals surface area (Å²) in [5, 5.41) is 1.88. The van der Waals surface area contributed by atoms with Crippen LogP contribution in [-0.2, 0) is 19.2 Å². The fourth-order valence-corrected chi connectivity index (χ4v) is 0.989. The second-order valence-electron chi connectivity index (χ2n) is 3.01. The van der Waals surface area contributed by atoms with Crippen molar-refractivity contribution in [3.63, 3.8) is 0 Å².